The van der Waals surface area contributed by atoms with Crippen molar-refractivity contribution in [2.75, 3.05) is 0 Å². The first kappa shape index (κ1) is 10.8. The molecule has 0 saturated carbocycles. The Labute approximate surface area is 95.6 Å². The van der Waals surface area contributed by atoms with E-state index in [0.29, 0.717) is 0 Å². The molecule has 2 aromatic rings. The minimum Gasteiger partial charge on any atom is -0.308 e. The predicted molar refractivity (Wildman–Crippen MR) is 63.8 cm³/mol. The molecule has 3 nitrogen and oxygen atoms in total. The summed E-state index contributed by atoms with van der Waals surface area (Å²) in [5, 5.41) is 3.38. The lowest BCUT2D eigenvalue weighted by molar-refractivity contribution is 0.686. The maximum Gasteiger partial charge on any atom is 0.0315 e. The molecule has 0 saturated heterocycles. The highest BCUT2D eigenvalue weighted by Crippen LogP contribution is 2.04. The molecule has 0 aliphatic heterocycles. The van der Waals surface area contributed by atoms with Gasteiger partial charge in [0.15, 0.2) is 0 Å². The monoisotopic (exact) mass is 213 g/mol. The summed E-state index contributed by atoms with van der Waals surface area (Å²) in [5.41, 5.74) is 3.71. The molecule has 2 rings (SSSR count). The SMILES string of the molecule is Cc1ccncc1CNCc1cccnc1. The number of aromatic nitrogens is 2. The van der Waals surface area contributed by atoms with Crippen molar-refractivity contribution in [3.05, 3.63) is 59.7 Å². The molecule has 0 bridgehead atoms. The Morgan fingerprint density at radius 1 is 1.06 bits per heavy atom. The number of nitrogens with one attached hydrogen (secondary N) is 1. The molecule has 0 unspecified atom stereocenters. The molecule has 0 fully saturated rings. The van der Waals surface area contributed by atoms with Crippen LogP contribution in [0.2, 0.25) is 0 Å². The smallest absolute Gasteiger partial charge is 0.0315 e. The Morgan fingerprint density at radius 2 is 1.94 bits per heavy atom. The summed E-state index contributed by atoms with van der Waals surface area (Å²) in [6.07, 6.45) is 7.39. The topological polar surface area (TPSA) is 37.8 Å². The van der Waals surface area contributed by atoms with Gasteiger partial charge in [0, 0.05) is 37.9 Å². The van der Waals surface area contributed by atoms with Crippen LogP contribution in [-0.2, 0) is 13.1 Å². The third-order valence-electron chi connectivity index (χ3n) is 2.51. The first-order chi connectivity index (χ1) is 7.86. The van der Waals surface area contributed by atoms with Crippen LogP contribution in [0.5, 0.6) is 0 Å². The second kappa shape index (κ2) is 5.37. The average molecular weight is 213 g/mol. The fourth-order valence-electron chi connectivity index (χ4n) is 1.53. The molecular weight excluding hydrogens is 198 g/mol. The van der Waals surface area contributed by atoms with E-state index in [9.17, 15) is 0 Å². The van der Waals surface area contributed by atoms with E-state index in [1.54, 1.807) is 6.20 Å². The summed E-state index contributed by atoms with van der Waals surface area (Å²) >= 11 is 0. The van der Waals surface area contributed by atoms with Crippen LogP contribution >= 0.6 is 0 Å². The number of rotatable bonds is 4. The largest absolute Gasteiger partial charge is 0.308 e. The van der Waals surface area contributed by atoms with Gasteiger partial charge >= 0.3 is 0 Å². The quantitative estimate of drug-likeness (QED) is 0.845. The van der Waals surface area contributed by atoms with E-state index in [1.807, 2.05) is 30.7 Å². The normalized spacial score (nSPS) is 10.3. The van der Waals surface area contributed by atoms with Crippen molar-refractivity contribution in [2.24, 2.45) is 0 Å². The van der Waals surface area contributed by atoms with Gasteiger partial charge in [-0.25, -0.2) is 0 Å². The number of nitrogens with zero attached hydrogens (tertiary/aromatic N) is 2. The Hall–Kier alpha value is -1.74. The molecule has 82 valence electrons. The van der Waals surface area contributed by atoms with Crippen LogP contribution in [0.25, 0.3) is 0 Å². The van der Waals surface area contributed by atoms with Crippen LogP contribution < -0.4 is 5.32 Å². The van der Waals surface area contributed by atoms with E-state index in [0.717, 1.165) is 13.1 Å². The van der Waals surface area contributed by atoms with Crippen molar-refractivity contribution in [3.8, 4) is 0 Å². The van der Waals surface area contributed by atoms with Gasteiger partial charge in [0.2, 0.25) is 0 Å². The summed E-state index contributed by atoms with van der Waals surface area (Å²) in [6.45, 7) is 3.78. The van der Waals surface area contributed by atoms with Crippen molar-refractivity contribution >= 4 is 0 Å². The van der Waals surface area contributed by atoms with Gasteiger partial charge in [-0.3, -0.25) is 9.97 Å². The lowest BCUT2D eigenvalue weighted by Crippen LogP contribution is -2.13. The van der Waals surface area contributed by atoms with Crippen molar-refractivity contribution in [1.29, 1.82) is 0 Å². The fraction of sp³-hybridized carbons (Fsp3) is 0.231. The molecule has 0 radical (unpaired) electrons. The minimum absolute atomic E-state index is 0.835. The number of hydrogen-bond donors (Lipinski definition) is 1. The standard InChI is InChI=1S/C13H15N3/c1-11-4-6-15-9-13(11)10-16-8-12-3-2-5-14-7-12/h2-7,9,16H,8,10H2,1H3. The maximum absolute atomic E-state index is 4.12. The number of hydrogen-bond acceptors (Lipinski definition) is 3. The number of aryl methyl sites for hydroxylation is 1. The fourth-order valence-corrected chi connectivity index (χ4v) is 1.53. The summed E-state index contributed by atoms with van der Waals surface area (Å²) < 4.78 is 0. The molecule has 1 N–H and O–H groups in total. The van der Waals surface area contributed by atoms with Crippen molar-refractivity contribution in [3.63, 3.8) is 0 Å². The summed E-state index contributed by atoms with van der Waals surface area (Å²) in [4.78, 5) is 8.19. The summed E-state index contributed by atoms with van der Waals surface area (Å²) in [6, 6.07) is 6.05. The molecule has 0 atom stereocenters. The van der Waals surface area contributed by atoms with Crippen LogP contribution in [0, 0.1) is 6.92 Å². The maximum atomic E-state index is 4.12. The molecule has 0 spiro atoms. The molecule has 0 aromatic carbocycles. The van der Waals surface area contributed by atoms with Crippen LogP contribution in [0.4, 0.5) is 0 Å². The molecular formula is C13H15N3. The third-order valence-corrected chi connectivity index (χ3v) is 2.51. The first-order valence-corrected chi connectivity index (χ1v) is 5.35. The Kier molecular flexibility index (Phi) is 3.62. The molecule has 0 amide bonds. The van der Waals surface area contributed by atoms with E-state index in [4.69, 9.17) is 0 Å². The molecule has 3 heteroatoms. The molecule has 16 heavy (non-hydrogen) atoms. The van der Waals surface area contributed by atoms with Gasteiger partial charge in [0.25, 0.3) is 0 Å². The molecule has 0 aliphatic carbocycles. The molecule has 0 aliphatic rings. The highest BCUT2D eigenvalue weighted by Gasteiger charge is 1.97. The van der Waals surface area contributed by atoms with Gasteiger partial charge in [-0.05, 0) is 35.7 Å². The van der Waals surface area contributed by atoms with Crippen LogP contribution in [0.15, 0.2) is 43.0 Å². The van der Waals surface area contributed by atoms with Crippen molar-refractivity contribution in [1.82, 2.24) is 15.3 Å². The van der Waals surface area contributed by atoms with Gasteiger partial charge in [0.05, 0.1) is 0 Å². The first-order valence-electron chi connectivity index (χ1n) is 5.35. The second-order valence-corrected chi connectivity index (χ2v) is 3.77. The van der Waals surface area contributed by atoms with Crippen LogP contribution in [-0.4, -0.2) is 9.97 Å². The Morgan fingerprint density at radius 3 is 2.69 bits per heavy atom. The van der Waals surface area contributed by atoms with Gasteiger partial charge in [-0.15, -0.1) is 0 Å². The van der Waals surface area contributed by atoms with Crippen LogP contribution in [0.1, 0.15) is 16.7 Å². The van der Waals surface area contributed by atoms with Gasteiger partial charge in [-0.2, -0.15) is 0 Å². The van der Waals surface area contributed by atoms with Gasteiger partial charge < -0.3 is 5.32 Å². The number of pyridine rings is 2. The zero-order valence-corrected chi connectivity index (χ0v) is 9.35. The Bertz CT molecular complexity index is 440. The summed E-state index contributed by atoms with van der Waals surface area (Å²) in [7, 11) is 0. The van der Waals surface area contributed by atoms with E-state index in [-0.39, 0.29) is 0 Å². The third kappa shape index (κ3) is 2.87. The highest BCUT2D eigenvalue weighted by atomic mass is 14.9. The predicted octanol–water partition coefficient (Wildman–Crippen LogP) is 2.07. The Balaban J connectivity index is 1.87. The average Bonchev–Trinajstić information content (AvgIpc) is 2.33. The van der Waals surface area contributed by atoms with E-state index in [1.165, 1.54) is 16.7 Å². The van der Waals surface area contributed by atoms with E-state index < -0.39 is 0 Å². The van der Waals surface area contributed by atoms with Gasteiger partial charge in [0.1, 0.15) is 0 Å². The summed E-state index contributed by atoms with van der Waals surface area (Å²) in [5.74, 6) is 0. The molecule has 2 aromatic heterocycles. The van der Waals surface area contributed by atoms with Crippen LogP contribution in [0.3, 0.4) is 0 Å². The van der Waals surface area contributed by atoms with Gasteiger partial charge in [-0.1, -0.05) is 6.07 Å². The lowest BCUT2D eigenvalue weighted by Gasteiger charge is -2.06. The second-order valence-electron chi connectivity index (χ2n) is 3.77. The van der Waals surface area contributed by atoms with E-state index in [2.05, 4.69) is 28.3 Å². The zero-order valence-electron chi connectivity index (χ0n) is 9.35. The van der Waals surface area contributed by atoms with Crippen molar-refractivity contribution in [2.45, 2.75) is 20.0 Å². The highest BCUT2D eigenvalue weighted by molar-refractivity contribution is 5.21. The van der Waals surface area contributed by atoms with Crippen molar-refractivity contribution < 1.29 is 0 Å². The molecule has 2 heterocycles. The minimum atomic E-state index is 0.835. The zero-order chi connectivity index (χ0) is 11.2. The van der Waals surface area contributed by atoms with E-state index >= 15 is 0 Å². The lowest BCUT2D eigenvalue weighted by atomic mass is 10.1.